The van der Waals surface area contributed by atoms with E-state index in [9.17, 15) is 10.1 Å². The number of hydrogen-bond donors (Lipinski definition) is 2. The van der Waals surface area contributed by atoms with Crippen molar-refractivity contribution in [2.45, 2.75) is 6.92 Å². The molecule has 9 heteroatoms. The number of carbonyl (C=O) groups excluding carboxylic acids is 1. The zero-order valence-electron chi connectivity index (χ0n) is 13.6. The fraction of sp³-hybridized carbons (Fsp3) is 0.125. The highest BCUT2D eigenvalue weighted by molar-refractivity contribution is 5.90. The monoisotopic (exact) mass is 334 g/mol. The van der Waals surface area contributed by atoms with Crippen molar-refractivity contribution in [3.8, 4) is 17.3 Å². The Hall–Kier alpha value is -3.80. The van der Waals surface area contributed by atoms with Gasteiger partial charge in [0.25, 0.3) is 0 Å². The molecular formula is C16H14N8O. The van der Waals surface area contributed by atoms with Gasteiger partial charge in [-0.05, 0) is 12.1 Å². The number of carbonyl (C=O) groups is 1. The minimum atomic E-state index is -0.303. The van der Waals surface area contributed by atoms with E-state index in [1.165, 1.54) is 13.1 Å². The van der Waals surface area contributed by atoms with Crippen LogP contribution < -0.4 is 10.6 Å². The predicted octanol–water partition coefficient (Wildman–Crippen LogP) is 1.85. The summed E-state index contributed by atoms with van der Waals surface area (Å²) in [5.74, 6) is 0.267. The van der Waals surface area contributed by atoms with Crippen LogP contribution in [0.5, 0.6) is 0 Å². The molecule has 0 atom stereocenters. The molecule has 0 aliphatic carbocycles. The molecule has 3 heterocycles. The lowest BCUT2D eigenvalue weighted by Gasteiger charge is -2.09. The molecule has 0 unspecified atom stereocenters. The van der Waals surface area contributed by atoms with Crippen molar-refractivity contribution in [2.24, 2.45) is 7.05 Å². The van der Waals surface area contributed by atoms with Crippen LogP contribution in [0.25, 0.3) is 11.3 Å². The first-order chi connectivity index (χ1) is 12.1. The van der Waals surface area contributed by atoms with E-state index in [1.54, 1.807) is 35.4 Å². The van der Waals surface area contributed by atoms with Crippen LogP contribution in [0.15, 0.2) is 36.9 Å². The van der Waals surface area contributed by atoms with E-state index >= 15 is 0 Å². The van der Waals surface area contributed by atoms with Gasteiger partial charge in [0.2, 0.25) is 11.9 Å². The average molecular weight is 334 g/mol. The van der Waals surface area contributed by atoms with Gasteiger partial charge in [-0.15, -0.1) is 0 Å². The molecule has 3 aromatic rings. The lowest BCUT2D eigenvalue weighted by molar-refractivity contribution is -0.114. The molecule has 2 N–H and O–H groups in total. The topological polar surface area (TPSA) is 121 Å². The zero-order chi connectivity index (χ0) is 17.8. The molecular weight excluding hydrogens is 320 g/mol. The molecule has 0 aliphatic heterocycles. The molecule has 3 rings (SSSR count). The molecule has 0 bridgehead atoms. The molecule has 124 valence electrons. The second-order valence-electron chi connectivity index (χ2n) is 5.17. The van der Waals surface area contributed by atoms with Crippen molar-refractivity contribution in [1.82, 2.24) is 24.7 Å². The van der Waals surface area contributed by atoms with Crippen LogP contribution in [0.3, 0.4) is 0 Å². The van der Waals surface area contributed by atoms with Gasteiger partial charge in [-0.3, -0.25) is 9.48 Å². The van der Waals surface area contributed by atoms with Gasteiger partial charge in [0.1, 0.15) is 11.6 Å². The van der Waals surface area contributed by atoms with Gasteiger partial charge < -0.3 is 10.6 Å². The number of aryl methyl sites for hydroxylation is 1. The van der Waals surface area contributed by atoms with Crippen molar-refractivity contribution >= 4 is 23.4 Å². The van der Waals surface area contributed by atoms with Gasteiger partial charge in [-0.25, -0.2) is 15.0 Å². The maximum absolute atomic E-state index is 11.3. The summed E-state index contributed by atoms with van der Waals surface area (Å²) in [6.45, 7) is 1.36. The molecule has 0 spiro atoms. The number of nitriles is 1. The Kier molecular flexibility index (Phi) is 4.34. The van der Waals surface area contributed by atoms with Crippen molar-refractivity contribution in [3.05, 3.63) is 42.5 Å². The Morgan fingerprint density at radius 2 is 2.08 bits per heavy atom. The Morgan fingerprint density at radius 1 is 1.28 bits per heavy atom. The quantitative estimate of drug-likeness (QED) is 0.746. The van der Waals surface area contributed by atoms with Gasteiger partial charge in [0, 0.05) is 38.1 Å². The van der Waals surface area contributed by atoms with Crippen molar-refractivity contribution in [3.63, 3.8) is 0 Å². The molecule has 0 aromatic carbocycles. The van der Waals surface area contributed by atoms with Crippen LogP contribution in [0.1, 0.15) is 12.5 Å². The van der Waals surface area contributed by atoms with Crippen LogP contribution >= 0.6 is 0 Å². The summed E-state index contributed by atoms with van der Waals surface area (Å²) in [5.41, 5.74) is 2.07. The Balaban J connectivity index is 1.98. The van der Waals surface area contributed by atoms with Crippen LogP contribution in [0.2, 0.25) is 0 Å². The number of anilines is 3. The standard InChI is InChI=1S/C16H14N8O/c1-10(25)21-15-13(7-17)12(3-5-18-15)14-4-6-19-16(23-14)22-11-8-20-24(2)9-11/h3-6,8-9H,1-2H3,(H,18,21,25)(H,19,22,23). The fourth-order valence-electron chi connectivity index (χ4n) is 2.23. The third-order valence-electron chi connectivity index (χ3n) is 3.25. The molecule has 0 aliphatic rings. The number of nitrogens with zero attached hydrogens (tertiary/aromatic N) is 6. The first-order valence-corrected chi connectivity index (χ1v) is 7.32. The number of pyridine rings is 1. The first-order valence-electron chi connectivity index (χ1n) is 7.32. The van der Waals surface area contributed by atoms with Gasteiger partial charge >= 0.3 is 0 Å². The molecule has 0 saturated heterocycles. The number of nitrogens with one attached hydrogen (secondary N) is 2. The third kappa shape index (κ3) is 3.59. The minimum Gasteiger partial charge on any atom is -0.321 e. The summed E-state index contributed by atoms with van der Waals surface area (Å²) in [5, 5.41) is 19.1. The number of rotatable bonds is 4. The van der Waals surface area contributed by atoms with E-state index in [0.717, 1.165) is 5.69 Å². The lowest BCUT2D eigenvalue weighted by Crippen LogP contribution is -2.09. The molecule has 25 heavy (non-hydrogen) atoms. The number of hydrogen-bond acceptors (Lipinski definition) is 7. The van der Waals surface area contributed by atoms with Crippen molar-refractivity contribution in [2.75, 3.05) is 10.6 Å². The van der Waals surface area contributed by atoms with E-state index in [4.69, 9.17) is 0 Å². The maximum Gasteiger partial charge on any atom is 0.227 e. The summed E-state index contributed by atoms with van der Waals surface area (Å²) >= 11 is 0. The molecule has 0 fully saturated rings. The predicted molar refractivity (Wildman–Crippen MR) is 90.8 cm³/mol. The van der Waals surface area contributed by atoms with Crippen LogP contribution in [0, 0.1) is 11.3 Å². The SMILES string of the molecule is CC(=O)Nc1nccc(-c2ccnc(Nc3cnn(C)c3)n2)c1C#N. The summed E-state index contributed by atoms with van der Waals surface area (Å²) in [6.07, 6.45) is 6.54. The molecule has 3 aromatic heterocycles. The van der Waals surface area contributed by atoms with E-state index in [0.29, 0.717) is 17.2 Å². The van der Waals surface area contributed by atoms with E-state index in [2.05, 4.69) is 36.8 Å². The fourth-order valence-corrected chi connectivity index (χ4v) is 2.23. The van der Waals surface area contributed by atoms with Crippen LogP contribution in [-0.2, 0) is 11.8 Å². The zero-order valence-corrected chi connectivity index (χ0v) is 13.6. The third-order valence-corrected chi connectivity index (χ3v) is 3.25. The summed E-state index contributed by atoms with van der Waals surface area (Å²) in [6, 6.07) is 5.42. The summed E-state index contributed by atoms with van der Waals surface area (Å²) < 4.78 is 1.66. The highest BCUT2D eigenvalue weighted by atomic mass is 16.1. The van der Waals surface area contributed by atoms with Gasteiger partial charge in [-0.2, -0.15) is 10.4 Å². The highest BCUT2D eigenvalue weighted by Crippen LogP contribution is 2.26. The Morgan fingerprint density at radius 3 is 2.76 bits per heavy atom. The van der Waals surface area contributed by atoms with Crippen molar-refractivity contribution in [1.29, 1.82) is 5.26 Å². The average Bonchev–Trinajstić information content (AvgIpc) is 2.99. The van der Waals surface area contributed by atoms with E-state index in [1.807, 2.05) is 7.05 Å². The second kappa shape index (κ2) is 6.76. The van der Waals surface area contributed by atoms with Gasteiger partial charge in [-0.1, -0.05) is 0 Å². The maximum atomic E-state index is 11.3. The molecule has 0 saturated carbocycles. The molecule has 1 amide bonds. The highest BCUT2D eigenvalue weighted by Gasteiger charge is 2.14. The van der Waals surface area contributed by atoms with E-state index < -0.39 is 0 Å². The van der Waals surface area contributed by atoms with Crippen LogP contribution in [-0.4, -0.2) is 30.6 Å². The number of amides is 1. The number of aromatic nitrogens is 5. The van der Waals surface area contributed by atoms with E-state index in [-0.39, 0.29) is 17.3 Å². The second-order valence-corrected chi connectivity index (χ2v) is 5.17. The molecule has 0 radical (unpaired) electrons. The first kappa shape index (κ1) is 16.1. The summed E-state index contributed by atoms with van der Waals surface area (Å²) in [4.78, 5) is 23.9. The summed E-state index contributed by atoms with van der Waals surface area (Å²) in [7, 11) is 1.81. The Bertz CT molecular complexity index is 972. The molecule has 9 nitrogen and oxygen atoms in total. The van der Waals surface area contributed by atoms with Gasteiger partial charge in [0.05, 0.1) is 17.6 Å². The smallest absolute Gasteiger partial charge is 0.227 e. The minimum absolute atomic E-state index is 0.202. The van der Waals surface area contributed by atoms with Gasteiger partial charge in [0.15, 0.2) is 5.82 Å². The lowest BCUT2D eigenvalue weighted by atomic mass is 10.1. The van der Waals surface area contributed by atoms with Crippen LogP contribution in [0.4, 0.5) is 17.5 Å². The van der Waals surface area contributed by atoms with Crippen molar-refractivity contribution < 1.29 is 4.79 Å². The normalized spacial score (nSPS) is 10.1. The largest absolute Gasteiger partial charge is 0.321 e. The Labute approximate surface area is 143 Å².